The van der Waals surface area contributed by atoms with Crippen LogP contribution in [0.4, 0.5) is 0 Å². The second-order valence-electron chi connectivity index (χ2n) is 5.77. The Morgan fingerprint density at radius 1 is 1.39 bits per heavy atom. The first kappa shape index (κ1) is 14.3. The molecule has 0 radical (unpaired) electrons. The Morgan fingerprint density at radius 3 is 2.89 bits per heavy atom. The Balaban J connectivity index is 1.55. The highest BCUT2D eigenvalue weighted by atomic mass is 16.5. The average Bonchev–Trinajstić information content (AvgIpc) is 2.97. The summed E-state index contributed by atoms with van der Waals surface area (Å²) in [5.74, 6) is 0. The van der Waals surface area contributed by atoms with Gasteiger partial charge in [-0.25, -0.2) is 0 Å². The van der Waals surface area contributed by atoms with E-state index in [0.717, 1.165) is 19.5 Å². The first-order chi connectivity index (χ1) is 8.74. The molecule has 1 spiro atoms. The van der Waals surface area contributed by atoms with Gasteiger partial charge in [-0.05, 0) is 38.6 Å². The number of nitrogens with one attached hydrogen (secondary N) is 1. The van der Waals surface area contributed by atoms with Gasteiger partial charge in [-0.2, -0.15) is 0 Å². The van der Waals surface area contributed by atoms with Crippen molar-refractivity contribution in [3.8, 4) is 0 Å². The number of hydrogen-bond donors (Lipinski definition) is 2. The molecule has 18 heavy (non-hydrogen) atoms. The molecule has 106 valence electrons. The van der Waals surface area contributed by atoms with E-state index in [0.29, 0.717) is 12.7 Å². The van der Waals surface area contributed by atoms with Gasteiger partial charge >= 0.3 is 0 Å². The minimum atomic E-state index is -0.354. The van der Waals surface area contributed by atoms with Crippen molar-refractivity contribution >= 4 is 0 Å². The van der Waals surface area contributed by atoms with Gasteiger partial charge in [-0.15, -0.1) is 0 Å². The normalized spacial score (nSPS) is 28.0. The fourth-order valence-electron chi connectivity index (χ4n) is 3.23. The first-order valence-corrected chi connectivity index (χ1v) is 7.30. The fraction of sp³-hybridized carbons (Fsp3) is 1.00. The third-order valence-electron chi connectivity index (χ3n) is 4.24. The van der Waals surface area contributed by atoms with Crippen molar-refractivity contribution in [2.24, 2.45) is 0 Å². The molecular weight excluding hydrogens is 230 g/mol. The Labute approximate surface area is 110 Å². The van der Waals surface area contributed by atoms with Crippen molar-refractivity contribution in [2.45, 2.75) is 62.8 Å². The van der Waals surface area contributed by atoms with Crippen molar-refractivity contribution in [1.29, 1.82) is 0 Å². The van der Waals surface area contributed by atoms with Gasteiger partial charge < -0.3 is 19.9 Å². The molecule has 1 saturated heterocycles. The molecule has 1 aliphatic heterocycles. The van der Waals surface area contributed by atoms with Gasteiger partial charge in [0.2, 0.25) is 0 Å². The molecule has 1 heterocycles. The van der Waals surface area contributed by atoms with Crippen molar-refractivity contribution in [3.63, 3.8) is 0 Å². The van der Waals surface area contributed by atoms with E-state index in [4.69, 9.17) is 9.47 Å². The number of methoxy groups -OCH3 is 1. The summed E-state index contributed by atoms with van der Waals surface area (Å²) in [6, 6.07) is 0. The van der Waals surface area contributed by atoms with Crippen molar-refractivity contribution < 1.29 is 14.6 Å². The van der Waals surface area contributed by atoms with Crippen LogP contribution in [0.15, 0.2) is 0 Å². The highest BCUT2D eigenvalue weighted by molar-refractivity contribution is 4.93. The molecule has 0 aromatic carbocycles. The van der Waals surface area contributed by atoms with Gasteiger partial charge in [0.05, 0.1) is 24.4 Å². The van der Waals surface area contributed by atoms with Crippen LogP contribution in [-0.4, -0.2) is 49.7 Å². The molecule has 0 aromatic heterocycles. The third-order valence-corrected chi connectivity index (χ3v) is 4.24. The smallest absolute Gasteiger partial charge is 0.0785 e. The summed E-state index contributed by atoms with van der Waals surface area (Å²) in [5.41, 5.74) is 0.238. The lowest BCUT2D eigenvalue weighted by Gasteiger charge is -2.24. The van der Waals surface area contributed by atoms with Crippen molar-refractivity contribution in [2.75, 3.05) is 26.8 Å². The molecule has 2 atom stereocenters. The van der Waals surface area contributed by atoms with Crippen molar-refractivity contribution in [1.82, 2.24) is 5.32 Å². The summed E-state index contributed by atoms with van der Waals surface area (Å²) in [6.07, 6.45) is 8.39. The second kappa shape index (κ2) is 6.85. The zero-order valence-electron chi connectivity index (χ0n) is 11.5. The quantitative estimate of drug-likeness (QED) is 0.678. The average molecular weight is 257 g/mol. The third kappa shape index (κ3) is 3.92. The molecule has 2 N–H and O–H groups in total. The number of hydrogen-bond acceptors (Lipinski definition) is 4. The van der Waals surface area contributed by atoms with Crippen LogP contribution in [0.5, 0.6) is 0 Å². The van der Waals surface area contributed by atoms with E-state index in [-0.39, 0.29) is 11.7 Å². The van der Waals surface area contributed by atoms with Crippen LogP contribution in [0, 0.1) is 0 Å². The molecule has 0 aromatic rings. The number of aliphatic hydroxyl groups is 1. The lowest BCUT2D eigenvalue weighted by Crippen LogP contribution is -2.32. The summed E-state index contributed by atoms with van der Waals surface area (Å²) in [7, 11) is 1.62. The second-order valence-corrected chi connectivity index (χ2v) is 5.77. The van der Waals surface area contributed by atoms with E-state index in [1.807, 2.05) is 0 Å². The highest BCUT2D eigenvalue weighted by Crippen LogP contribution is 2.43. The number of ether oxygens (including phenoxy) is 2. The minimum absolute atomic E-state index is 0.238. The summed E-state index contributed by atoms with van der Waals surface area (Å²) in [5, 5.41) is 12.9. The van der Waals surface area contributed by atoms with E-state index in [2.05, 4.69) is 5.32 Å². The maximum Gasteiger partial charge on any atom is 0.0785 e. The SMILES string of the molecule is COCC(O)CCNCC1CCC2(CCCC2)O1. The predicted octanol–water partition coefficient (Wildman–Crippen LogP) is 1.47. The topological polar surface area (TPSA) is 50.7 Å². The van der Waals surface area contributed by atoms with Gasteiger partial charge in [0, 0.05) is 13.7 Å². The summed E-state index contributed by atoms with van der Waals surface area (Å²) in [6.45, 7) is 2.17. The monoisotopic (exact) mass is 257 g/mol. The summed E-state index contributed by atoms with van der Waals surface area (Å²) >= 11 is 0. The molecule has 4 heteroatoms. The van der Waals surface area contributed by atoms with Crippen LogP contribution in [0.1, 0.15) is 44.9 Å². The molecule has 0 amide bonds. The fourth-order valence-corrected chi connectivity index (χ4v) is 3.23. The summed E-state index contributed by atoms with van der Waals surface area (Å²) in [4.78, 5) is 0. The standard InChI is InChI=1S/C14H27NO3/c1-17-11-12(16)5-9-15-10-13-4-8-14(18-13)6-2-3-7-14/h12-13,15-16H,2-11H2,1H3. The van der Waals surface area contributed by atoms with E-state index in [1.54, 1.807) is 7.11 Å². The maximum atomic E-state index is 9.51. The minimum Gasteiger partial charge on any atom is -0.391 e. The van der Waals surface area contributed by atoms with Gasteiger partial charge in [0.15, 0.2) is 0 Å². The molecule has 2 rings (SSSR count). The molecule has 2 aliphatic rings. The van der Waals surface area contributed by atoms with Crippen LogP contribution >= 0.6 is 0 Å². The van der Waals surface area contributed by atoms with Crippen LogP contribution in [0.2, 0.25) is 0 Å². The largest absolute Gasteiger partial charge is 0.391 e. The molecule has 2 fully saturated rings. The van der Waals surface area contributed by atoms with E-state index < -0.39 is 0 Å². The zero-order chi connectivity index (χ0) is 12.8. The maximum absolute atomic E-state index is 9.51. The van der Waals surface area contributed by atoms with Crippen LogP contribution in [0.25, 0.3) is 0 Å². The Kier molecular flexibility index (Phi) is 5.42. The lowest BCUT2D eigenvalue weighted by atomic mass is 9.98. The molecule has 4 nitrogen and oxygen atoms in total. The van der Waals surface area contributed by atoms with E-state index >= 15 is 0 Å². The Hall–Kier alpha value is -0.160. The lowest BCUT2D eigenvalue weighted by molar-refractivity contribution is -0.0353. The summed E-state index contributed by atoms with van der Waals surface area (Å²) < 4.78 is 11.1. The van der Waals surface area contributed by atoms with Gasteiger partial charge in [-0.1, -0.05) is 12.8 Å². The van der Waals surface area contributed by atoms with E-state index in [9.17, 15) is 5.11 Å². The Morgan fingerprint density at radius 2 is 2.17 bits per heavy atom. The molecule has 0 bridgehead atoms. The number of aliphatic hydroxyl groups excluding tert-OH is 1. The Bertz CT molecular complexity index is 241. The van der Waals surface area contributed by atoms with Crippen molar-refractivity contribution in [3.05, 3.63) is 0 Å². The van der Waals surface area contributed by atoms with E-state index in [1.165, 1.54) is 38.5 Å². The molecule has 1 saturated carbocycles. The van der Waals surface area contributed by atoms with Crippen LogP contribution in [0.3, 0.4) is 0 Å². The van der Waals surface area contributed by atoms with Crippen LogP contribution < -0.4 is 5.32 Å². The van der Waals surface area contributed by atoms with Gasteiger partial charge in [0.25, 0.3) is 0 Å². The molecule has 2 unspecified atom stereocenters. The number of rotatable bonds is 7. The van der Waals surface area contributed by atoms with Crippen LogP contribution in [-0.2, 0) is 9.47 Å². The van der Waals surface area contributed by atoms with Gasteiger partial charge in [0.1, 0.15) is 0 Å². The predicted molar refractivity (Wildman–Crippen MR) is 70.7 cm³/mol. The first-order valence-electron chi connectivity index (χ1n) is 7.30. The highest BCUT2D eigenvalue weighted by Gasteiger charge is 2.41. The molecule has 1 aliphatic carbocycles. The molecular formula is C14H27NO3. The van der Waals surface area contributed by atoms with Gasteiger partial charge in [-0.3, -0.25) is 0 Å². The zero-order valence-corrected chi connectivity index (χ0v) is 11.5.